The monoisotopic (exact) mass is 349 g/mol. The highest BCUT2D eigenvalue weighted by Crippen LogP contribution is 2.18. The minimum Gasteiger partial charge on any atom is -0.352 e. The lowest BCUT2D eigenvalue weighted by Gasteiger charge is -2.10. The van der Waals surface area contributed by atoms with Crippen LogP contribution in [0.5, 0.6) is 0 Å². The summed E-state index contributed by atoms with van der Waals surface area (Å²) in [4.78, 5) is 28.0. The SMILES string of the molecule is O=C(CCCNC(=O)c1ccccc1)Nc1ccccc1-n1cncn1. The maximum Gasteiger partial charge on any atom is 0.251 e. The Morgan fingerprint density at radius 2 is 1.77 bits per heavy atom. The molecule has 0 spiro atoms. The maximum absolute atomic E-state index is 12.2. The number of nitrogens with zero attached hydrogens (tertiary/aromatic N) is 3. The third-order valence-electron chi connectivity index (χ3n) is 3.75. The zero-order chi connectivity index (χ0) is 18.2. The highest BCUT2D eigenvalue weighted by atomic mass is 16.2. The number of benzene rings is 2. The highest BCUT2D eigenvalue weighted by Gasteiger charge is 2.09. The first kappa shape index (κ1) is 17.3. The molecule has 7 nitrogen and oxygen atoms in total. The van der Waals surface area contributed by atoms with Crippen molar-refractivity contribution in [3.63, 3.8) is 0 Å². The summed E-state index contributed by atoms with van der Waals surface area (Å²) in [5.41, 5.74) is 2.02. The number of aromatic nitrogens is 3. The molecule has 0 aliphatic rings. The van der Waals surface area contributed by atoms with Crippen LogP contribution in [0.1, 0.15) is 23.2 Å². The van der Waals surface area contributed by atoms with Crippen molar-refractivity contribution in [1.29, 1.82) is 0 Å². The second kappa shape index (κ2) is 8.57. The topological polar surface area (TPSA) is 88.9 Å². The van der Waals surface area contributed by atoms with Gasteiger partial charge in [-0.15, -0.1) is 0 Å². The summed E-state index contributed by atoms with van der Waals surface area (Å²) in [5, 5.41) is 9.77. The Morgan fingerprint density at radius 3 is 2.54 bits per heavy atom. The number of nitrogens with one attached hydrogen (secondary N) is 2. The quantitative estimate of drug-likeness (QED) is 0.641. The van der Waals surface area contributed by atoms with Crippen LogP contribution in [0.3, 0.4) is 0 Å². The van der Waals surface area contributed by atoms with E-state index in [1.165, 1.54) is 6.33 Å². The molecular formula is C19H19N5O2. The smallest absolute Gasteiger partial charge is 0.251 e. The summed E-state index contributed by atoms with van der Waals surface area (Å²) in [5.74, 6) is -0.255. The molecule has 0 saturated heterocycles. The zero-order valence-corrected chi connectivity index (χ0v) is 14.1. The molecule has 0 aliphatic carbocycles. The highest BCUT2D eigenvalue weighted by molar-refractivity contribution is 5.94. The van der Waals surface area contributed by atoms with Gasteiger partial charge in [-0.3, -0.25) is 9.59 Å². The van der Waals surface area contributed by atoms with E-state index < -0.39 is 0 Å². The van der Waals surface area contributed by atoms with Crippen LogP contribution in [0.25, 0.3) is 5.69 Å². The number of para-hydroxylation sites is 2. The maximum atomic E-state index is 12.2. The third kappa shape index (κ3) is 4.54. The number of hydrogen-bond donors (Lipinski definition) is 2. The van der Waals surface area contributed by atoms with E-state index in [9.17, 15) is 9.59 Å². The van der Waals surface area contributed by atoms with Gasteiger partial charge < -0.3 is 10.6 Å². The molecule has 0 unspecified atom stereocenters. The van der Waals surface area contributed by atoms with E-state index in [2.05, 4.69) is 20.7 Å². The van der Waals surface area contributed by atoms with Crippen LogP contribution in [0, 0.1) is 0 Å². The second-order valence-electron chi connectivity index (χ2n) is 5.63. The molecule has 0 fully saturated rings. The first-order chi connectivity index (χ1) is 12.7. The fraction of sp³-hybridized carbons (Fsp3) is 0.158. The number of carbonyl (C=O) groups is 2. The van der Waals surface area contributed by atoms with Crippen LogP contribution >= 0.6 is 0 Å². The van der Waals surface area contributed by atoms with Crippen LogP contribution in [0.15, 0.2) is 67.3 Å². The third-order valence-corrected chi connectivity index (χ3v) is 3.75. The van der Waals surface area contributed by atoms with Crippen molar-refractivity contribution in [3.05, 3.63) is 72.8 Å². The fourth-order valence-electron chi connectivity index (χ4n) is 2.47. The largest absolute Gasteiger partial charge is 0.352 e. The standard InChI is InChI=1S/C19H19N5O2/c25-18(11-6-12-21-19(26)15-7-2-1-3-8-15)23-16-9-4-5-10-17(16)24-14-20-13-22-24/h1-5,7-10,13-14H,6,11-12H2,(H,21,26)(H,23,25). The van der Waals surface area contributed by atoms with E-state index in [1.807, 2.05) is 42.5 Å². The van der Waals surface area contributed by atoms with Crippen molar-refractivity contribution in [1.82, 2.24) is 20.1 Å². The zero-order valence-electron chi connectivity index (χ0n) is 14.1. The summed E-state index contributed by atoms with van der Waals surface area (Å²) in [6.45, 7) is 0.436. The first-order valence-corrected chi connectivity index (χ1v) is 8.31. The number of hydrogen-bond acceptors (Lipinski definition) is 4. The molecule has 7 heteroatoms. The van der Waals surface area contributed by atoms with E-state index in [-0.39, 0.29) is 11.8 Å². The Bertz CT molecular complexity index is 863. The van der Waals surface area contributed by atoms with Crippen molar-refractivity contribution in [2.45, 2.75) is 12.8 Å². The van der Waals surface area contributed by atoms with Gasteiger partial charge >= 0.3 is 0 Å². The molecular weight excluding hydrogens is 330 g/mol. The van der Waals surface area contributed by atoms with Crippen LogP contribution in [-0.2, 0) is 4.79 Å². The molecule has 0 bridgehead atoms. The molecule has 0 aliphatic heterocycles. The Kier molecular flexibility index (Phi) is 5.72. The van der Waals surface area contributed by atoms with Crippen molar-refractivity contribution < 1.29 is 9.59 Å². The second-order valence-corrected chi connectivity index (χ2v) is 5.63. The van der Waals surface area contributed by atoms with Gasteiger partial charge in [0.1, 0.15) is 12.7 Å². The predicted octanol–water partition coefficient (Wildman–Crippen LogP) is 2.42. The van der Waals surface area contributed by atoms with E-state index in [4.69, 9.17) is 0 Å². The van der Waals surface area contributed by atoms with Gasteiger partial charge in [0.2, 0.25) is 5.91 Å². The Hall–Kier alpha value is -3.48. The Balaban J connectivity index is 1.47. The first-order valence-electron chi connectivity index (χ1n) is 8.31. The molecule has 26 heavy (non-hydrogen) atoms. The fourth-order valence-corrected chi connectivity index (χ4v) is 2.47. The van der Waals surface area contributed by atoms with Crippen LogP contribution in [-0.4, -0.2) is 33.1 Å². The lowest BCUT2D eigenvalue weighted by molar-refractivity contribution is -0.116. The average molecular weight is 349 g/mol. The summed E-state index contributed by atoms with van der Waals surface area (Å²) in [6, 6.07) is 16.4. The molecule has 2 N–H and O–H groups in total. The van der Waals surface area contributed by atoms with Crippen molar-refractivity contribution >= 4 is 17.5 Å². The predicted molar refractivity (Wildman–Crippen MR) is 98.0 cm³/mol. The minimum atomic E-state index is -0.137. The molecule has 0 saturated carbocycles. The van der Waals surface area contributed by atoms with Crippen LogP contribution < -0.4 is 10.6 Å². The summed E-state index contributed by atoms with van der Waals surface area (Å²) >= 11 is 0. The minimum absolute atomic E-state index is 0.119. The van der Waals surface area contributed by atoms with Crippen molar-refractivity contribution in [3.8, 4) is 5.69 Å². The van der Waals surface area contributed by atoms with Gasteiger partial charge in [0.05, 0.1) is 11.4 Å². The molecule has 1 aromatic heterocycles. The van der Waals surface area contributed by atoms with Gasteiger partial charge in [0, 0.05) is 18.5 Å². The van der Waals surface area contributed by atoms with Gasteiger partial charge in [-0.1, -0.05) is 30.3 Å². The molecule has 0 radical (unpaired) electrons. The molecule has 3 rings (SSSR count). The van der Waals surface area contributed by atoms with Crippen molar-refractivity contribution in [2.24, 2.45) is 0 Å². The van der Waals surface area contributed by atoms with Gasteiger partial charge in [-0.25, -0.2) is 9.67 Å². The van der Waals surface area contributed by atoms with Gasteiger partial charge in [-0.05, 0) is 30.7 Å². The summed E-state index contributed by atoms with van der Waals surface area (Å²) < 4.78 is 1.59. The number of amides is 2. The molecule has 2 amide bonds. The number of carbonyl (C=O) groups excluding carboxylic acids is 2. The lowest BCUT2D eigenvalue weighted by Crippen LogP contribution is -2.25. The Labute approximate surface area is 151 Å². The van der Waals surface area contributed by atoms with E-state index >= 15 is 0 Å². The van der Waals surface area contributed by atoms with Crippen LogP contribution in [0.2, 0.25) is 0 Å². The van der Waals surface area contributed by atoms with Gasteiger partial charge in [0.15, 0.2) is 0 Å². The molecule has 1 heterocycles. The summed E-state index contributed by atoms with van der Waals surface area (Å²) in [6.07, 6.45) is 3.87. The molecule has 2 aromatic carbocycles. The molecule has 3 aromatic rings. The normalized spacial score (nSPS) is 10.3. The van der Waals surface area contributed by atoms with Gasteiger partial charge in [-0.2, -0.15) is 5.10 Å². The number of rotatable bonds is 7. The van der Waals surface area contributed by atoms with Crippen molar-refractivity contribution in [2.75, 3.05) is 11.9 Å². The van der Waals surface area contributed by atoms with E-state index in [1.54, 1.807) is 23.1 Å². The molecule has 0 atom stereocenters. The van der Waals surface area contributed by atoms with E-state index in [0.717, 1.165) is 5.69 Å². The summed E-state index contributed by atoms with van der Waals surface area (Å²) in [7, 11) is 0. The average Bonchev–Trinajstić information content (AvgIpc) is 3.21. The van der Waals surface area contributed by atoms with E-state index in [0.29, 0.717) is 30.6 Å². The van der Waals surface area contributed by atoms with Gasteiger partial charge in [0.25, 0.3) is 5.91 Å². The van der Waals surface area contributed by atoms with Crippen LogP contribution in [0.4, 0.5) is 5.69 Å². The Morgan fingerprint density at radius 1 is 1.00 bits per heavy atom. The lowest BCUT2D eigenvalue weighted by atomic mass is 10.2. The number of anilines is 1. The molecule has 132 valence electrons.